The summed E-state index contributed by atoms with van der Waals surface area (Å²) in [7, 11) is 2.00. The fourth-order valence-corrected chi connectivity index (χ4v) is 2.63. The molecule has 0 aliphatic rings. The van der Waals surface area contributed by atoms with Crippen molar-refractivity contribution in [1.29, 1.82) is 0 Å². The van der Waals surface area contributed by atoms with E-state index in [0.29, 0.717) is 22.9 Å². The zero-order chi connectivity index (χ0) is 13.0. The summed E-state index contributed by atoms with van der Waals surface area (Å²) in [6.07, 6.45) is 0.982. The molecule has 2 unspecified atom stereocenters. The van der Waals surface area contributed by atoms with Crippen LogP contribution in [0.3, 0.4) is 0 Å². The van der Waals surface area contributed by atoms with Crippen molar-refractivity contribution < 1.29 is 0 Å². The largest absolute Gasteiger partial charge is 0.317 e. The lowest BCUT2D eigenvalue weighted by atomic mass is 9.84. The summed E-state index contributed by atoms with van der Waals surface area (Å²) in [5.74, 6) is 1.18. The van der Waals surface area contributed by atoms with Gasteiger partial charge in [0.25, 0.3) is 0 Å². The molecule has 1 rings (SSSR count). The lowest BCUT2D eigenvalue weighted by molar-refractivity contribution is 0.300. The SMILES string of the molecule is CNC(C)C(Cc1ccc(Cl)cc1Cl)C(C)C. The molecule has 0 spiro atoms. The molecule has 0 bridgehead atoms. The van der Waals surface area contributed by atoms with Crippen LogP contribution in [-0.4, -0.2) is 13.1 Å². The first-order valence-electron chi connectivity index (χ1n) is 6.07. The molecule has 0 fully saturated rings. The van der Waals surface area contributed by atoms with Crippen molar-refractivity contribution in [1.82, 2.24) is 5.32 Å². The maximum atomic E-state index is 6.22. The summed E-state index contributed by atoms with van der Waals surface area (Å²) in [5.41, 5.74) is 1.18. The molecule has 0 radical (unpaired) electrons. The van der Waals surface area contributed by atoms with Crippen LogP contribution in [0.4, 0.5) is 0 Å². The molecule has 1 aromatic carbocycles. The van der Waals surface area contributed by atoms with E-state index in [1.807, 2.05) is 25.2 Å². The molecule has 0 saturated heterocycles. The average Bonchev–Trinajstić information content (AvgIpc) is 2.26. The Morgan fingerprint density at radius 2 is 1.82 bits per heavy atom. The summed E-state index contributed by atoms with van der Waals surface area (Å²) >= 11 is 12.1. The molecule has 0 aliphatic heterocycles. The van der Waals surface area contributed by atoms with Crippen LogP contribution in [0.5, 0.6) is 0 Å². The van der Waals surface area contributed by atoms with Crippen LogP contribution in [0.1, 0.15) is 26.3 Å². The molecule has 0 aliphatic carbocycles. The molecule has 3 heteroatoms. The monoisotopic (exact) mass is 273 g/mol. The van der Waals surface area contributed by atoms with Gasteiger partial charge in [0.2, 0.25) is 0 Å². The lowest BCUT2D eigenvalue weighted by Gasteiger charge is -2.27. The van der Waals surface area contributed by atoms with Crippen molar-refractivity contribution in [3.8, 4) is 0 Å². The molecule has 1 aromatic rings. The van der Waals surface area contributed by atoms with E-state index in [1.165, 1.54) is 5.56 Å². The standard InChI is InChI=1S/C14H21Cl2N/c1-9(2)13(10(3)17-4)7-11-5-6-12(15)8-14(11)16/h5-6,8-10,13,17H,7H2,1-4H3. The number of hydrogen-bond donors (Lipinski definition) is 1. The molecule has 0 saturated carbocycles. The summed E-state index contributed by atoms with van der Waals surface area (Å²) in [6, 6.07) is 6.23. The molecule has 0 heterocycles. The van der Waals surface area contributed by atoms with E-state index >= 15 is 0 Å². The summed E-state index contributed by atoms with van der Waals surface area (Å²) in [6.45, 7) is 6.72. The van der Waals surface area contributed by atoms with Gasteiger partial charge in [-0.15, -0.1) is 0 Å². The quantitative estimate of drug-likeness (QED) is 0.838. The Labute approximate surface area is 115 Å². The lowest BCUT2D eigenvalue weighted by Crippen LogP contribution is -2.35. The van der Waals surface area contributed by atoms with E-state index in [2.05, 4.69) is 26.1 Å². The van der Waals surface area contributed by atoms with Gasteiger partial charge in [-0.05, 0) is 49.9 Å². The van der Waals surface area contributed by atoms with Crippen molar-refractivity contribution >= 4 is 23.2 Å². The van der Waals surface area contributed by atoms with Crippen LogP contribution >= 0.6 is 23.2 Å². The molecule has 2 atom stereocenters. The van der Waals surface area contributed by atoms with E-state index in [-0.39, 0.29) is 0 Å². The molecule has 1 N–H and O–H groups in total. The van der Waals surface area contributed by atoms with E-state index in [0.717, 1.165) is 11.4 Å². The Morgan fingerprint density at radius 3 is 2.29 bits per heavy atom. The van der Waals surface area contributed by atoms with Gasteiger partial charge in [0, 0.05) is 16.1 Å². The molecular formula is C14H21Cl2N. The first-order chi connectivity index (χ1) is 7.95. The molecule has 1 nitrogen and oxygen atoms in total. The predicted molar refractivity (Wildman–Crippen MR) is 77.0 cm³/mol. The minimum atomic E-state index is 0.474. The van der Waals surface area contributed by atoms with Crippen molar-refractivity contribution in [3.05, 3.63) is 33.8 Å². The van der Waals surface area contributed by atoms with Gasteiger partial charge in [-0.2, -0.15) is 0 Å². The van der Waals surface area contributed by atoms with Crippen molar-refractivity contribution in [2.24, 2.45) is 11.8 Å². The Hall–Kier alpha value is -0.240. The van der Waals surface area contributed by atoms with Crippen molar-refractivity contribution in [3.63, 3.8) is 0 Å². The molecule has 17 heavy (non-hydrogen) atoms. The third-order valence-corrected chi connectivity index (χ3v) is 4.01. The highest BCUT2D eigenvalue weighted by Gasteiger charge is 2.20. The highest BCUT2D eigenvalue weighted by atomic mass is 35.5. The second-order valence-electron chi connectivity index (χ2n) is 4.93. The Morgan fingerprint density at radius 1 is 1.18 bits per heavy atom. The molecule has 0 amide bonds. The first kappa shape index (κ1) is 14.8. The highest BCUT2D eigenvalue weighted by Crippen LogP contribution is 2.27. The Balaban J connectivity index is 2.86. The number of hydrogen-bond acceptors (Lipinski definition) is 1. The van der Waals surface area contributed by atoms with Crippen LogP contribution in [0.25, 0.3) is 0 Å². The summed E-state index contributed by atoms with van der Waals surface area (Å²) in [4.78, 5) is 0. The van der Waals surface area contributed by atoms with Gasteiger partial charge < -0.3 is 5.32 Å². The van der Waals surface area contributed by atoms with Gasteiger partial charge in [0.1, 0.15) is 0 Å². The maximum absolute atomic E-state index is 6.22. The Kier molecular flexibility index (Phi) is 5.78. The van der Waals surface area contributed by atoms with E-state index in [4.69, 9.17) is 23.2 Å². The van der Waals surface area contributed by atoms with Gasteiger partial charge in [-0.1, -0.05) is 43.1 Å². The van der Waals surface area contributed by atoms with Gasteiger partial charge in [0.05, 0.1) is 0 Å². The highest BCUT2D eigenvalue weighted by molar-refractivity contribution is 6.35. The number of rotatable bonds is 5. The first-order valence-corrected chi connectivity index (χ1v) is 6.82. The smallest absolute Gasteiger partial charge is 0.0452 e. The van der Waals surface area contributed by atoms with Crippen LogP contribution in [-0.2, 0) is 6.42 Å². The topological polar surface area (TPSA) is 12.0 Å². The van der Waals surface area contributed by atoms with Crippen LogP contribution in [0.2, 0.25) is 10.0 Å². The fourth-order valence-electron chi connectivity index (χ4n) is 2.15. The van der Waals surface area contributed by atoms with Crippen molar-refractivity contribution in [2.45, 2.75) is 33.2 Å². The normalized spacial score (nSPS) is 15.0. The molecule has 0 aromatic heterocycles. The zero-order valence-electron chi connectivity index (χ0n) is 10.9. The third-order valence-electron chi connectivity index (χ3n) is 3.42. The Bertz CT molecular complexity index is 363. The second-order valence-corrected chi connectivity index (χ2v) is 5.77. The number of halogens is 2. The molecule has 96 valence electrons. The van der Waals surface area contributed by atoms with Gasteiger partial charge >= 0.3 is 0 Å². The van der Waals surface area contributed by atoms with Crippen LogP contribution in [0, 0.1) is 11.8 Å². The minimum Gasteiger partial charge on any atom is -0.317 e. The van der Waals surface area contributed by atoms with Gasteiger partial charge in [-0.25, -0.2) is 0 Å². The number of benzene rings is 1. The molecular weight excluding hydrogens is 253 g/mol. The van der Waals surface area contributed by atoms with Gasteiger partial charge in [0.15, 0.2) is 0 Å². The van der Waals surface area contributed by atoms with Gasteiger partial charge in [-0.3, -0.25) is 0 Å². The van der Waals surface area contributed by atoms with E-state index < -0.39 is 0 Å². The summed E-state index contributed by atoms with van der Waals surface area (Å²) < 4.78 is 0. The fraction of sp³-hybridized carbons (Fsp3) is 0.571. The third kappa shape index (κ3) is 4.17. The number of nitrogens with one attached hydrogen (secondary N) is 1. The van der Waals surface area contributed by atoms with E-state index in [9.17, 15) is 0 Å². The summed E-state index contributed by atoms with van der Waals surface area (Å²) in [5, 5.41) is 4.79. The zero-order valence-corrected chi connectivity index (χ0v) is 12.4. The predicted octanol–water partition coefficient (Wildman–Crippen LogP) is 4.42. The average molecular weight is 274 g/mol. The maximum Gasteiger partial charge on any atom is 0.0452 e. The second kappa shape index (κ2) is 6.63. The van der Waals surface area contributed by atoms with Crippen LogP contribution < -0.4 is 5.32 Å². The van der Waals surface area contributed by atoms with Crippen LogP contribution in [0.15, 0.2) is 18.2 Å². The minimum absolute atomic E-state index is 0.474. The van der Waals surface area contributed by atoms with Crippen molar-refractivity contribution in [2.75, 3.05) is 7.05 Å². The van der Waals surface area contributed by atoms with E-state index in [1.54, 1.807) is 0 Å².